The van der Waals surface area contributed by atoms with Crippen LogP contribution in [0.1, 0.15) is 50.6 Å². The topological polar surface area (TPSA) is 21.3 Å². The molecule has 0 amide bonds. The number of ether oxygens (including phenoxy) is 1. The fraction of sp³-hybridized carbons (Fsp3) is 0.625. The minimum atomic E-state index is 0.314. The largest absolute Gasteiger partial charge is 0.377 e. The minimum absolute atomic E-state index is 0.314. The summed E-state index contributed by atoms with van der Waals surface area (Å²) < 4.78 is 5.90. The first-order valence-electron chi connectivity index (χ1n) is 7.36. The molecule has 1 aliphatic carbocycles. The van der Waals surface area contributed by atoms with E-state index in [1.807, 2.05) is 18.2 Å². The Kier molecular flexibility index (Phi) is 6.15. The molecule has 0 aromatic heterocycles. The van der Waals surface area contributed by atoms with Crippen LogP contribution in [0.5, 0.6) is 0 Å². The van der Waals surface area contributed by atoms with Gasteiger partial charge < -0.3 is 10.1 Å². The quantitative estimate of drug-likeness (QED) is 0.783. The third-order valence-electron chi connectivity index (χ3n) is 3.81. The van der Waals surface area contributed by atoms with Gasteiger partial charge in [0.15, 0.2) is 0 Å². The molecule has 0 radical (unpaired) electrons. The molecule has 2 rings (SSSR count). The van der Waals surface area contributed by atoms with Gasteiger partial charge in [0.05, 0.1) is 12.7 Å². The van der Waals surface area contributed by atoms with Gasteiger partial charge in [0.1, 0.15) is 0 Å². The molecule has 1 atom stereocenters. The van der Waals surface area contributed by atoms with Gasteiger partial charge in [-0.3, -0.25) is 0 Å². The van der Waals surface area contributed by atoms with Crippen LogP contribution in [0.25, 0.3) is 0 Å². The van der Waals surface area contributed by atoms with Gasteiger partial charge in [0, 0.05) is 17.6 Å². The van der Waals surface area contributed by atoms with E-state index in [0.717, 1.165) is 18.2 Å². The SMILES string of the molecule is CC(NCCOC1CCCCC1)c1cccc(Cl)c1. The van der Waals surface area contributed by atoms with Crippen molar-refractivity contribution in [1.82, 2.24) is 5.32 Å². The Morgan fingerprint density at radius 2 is 2.11 bits per heavy atom. The van der Waals surface area contributed by atoms with E-state index in [0.29, 0.717) is 12.1 Å². The second kappa shape index (κ2) is 7.88. The summed E-state index contributed by atoms with van der Waals surface area (Å²) >= 11 is 6.00. The van der Waals surface area contributed by atoms with E-state index in [9.17, 15) is 0 Å². The normalized spacial score (nSPS) is 18.4. The second-order valence-electron chi connectivity index (χ2n) is 5.36. The molecule has 0 bridgehead atoms. The Labute approximate surface area is 121 Å². The van der Waals surface area contributed by atoms with Crippen molar-refractivity contribution in [2.24, 2.45) is 0 Å². The van der Waals surface area contributed by atoms with Crippen molar-refractivity contribution in [3.63, 3.8) is 0 Å². The lowest BCUT2D eigenvalue weighted by molar-refractivity contribution is 0.0295. The molecule has 1 aliphatic rings. The standard InChI is InChI=1S/C16H24ClNO/c1-13(14-6-5-7-15(17)12-14)18-10-11-19-16-8-3-2-4-9-16/h5-7,12-13,16,18H,2-4,8-11H2,1H3. The Bertz CT molecular complexity index is 377. The molecule has 1 fully saturated rings. The summed E-state index contributed by atoms with van der Waals surface area (Å²) in [6, 6.07) is 8.33. The van der Waals surface area contributed by atoms with Crippen LogP contribution in [0.15, 0.2) is 24.3 Å². The van der Waals surface area contributed by atoms with Crippen LogP contribution in [0, 0.1) is 0 Å². The van der Waals surface area contributed by atoms with Crippen LogP contribution in [-0.4, -0.2) is 19.3 Å². The predicted molar refractivity (Wildman–Crippen MR) is 80.7 cm³/mol. The van der Waals surface area contributed by atoms with E-state index in [-0.39, 0.29) is 0 Å². The molecule has 19 heavy (non-hydrogen) atoms. The third-order valence-corrected chi connectivity index (χ3v) is 4.04. The zero-order valence-corrected chi connectivity index (χ0v) is 12.5. The van der Waals surface area contributed by atoms with E-state index >= 15 is 0 Å². The van der Waals surface area contributed by atoms with Crippen LogP contribution in [0.4, 0.5) is 0 Å². The third kappa shape index (κ3) is 5.13. The zero-order chi connectivity index (χ0) is 13.5. The van der Waals surface area contributed by atoms with Gasteiger partial charge in [-0.1, -0.05) is 43.0 Å². The summed E-state index contributed by atoms with van der Waals surface area (Å²) in [6.07, 6.45) is 7.02. The summed E-state index contributed by atoms with van der Waals surface area (Å²) in [5.41, 5.74) is 1.23. The average molecular weight is 282 g/mol. The molecule has 1 unspecified atom stereocenters. The number of hydrogen-bond donors (Lipinski definition) is 1. The van der Waals surface area contributed by atoms with Gasteiger partial charge in [-0.05, 0) is 37.5 Å². The van der Waals surface area contributed by atoms with Gasteiger partial charge in [-0.15, -0.1) is 0 Å². The number of nitrogens with one attached hydrogen (secondary N) is 1. The average Bonchev–Trinajstić information content (AvgIpc) is 2.44. The molecular weight excluding hydrogens is 258 g/mol. The molecule has 1 aromatic rings. The zero-order valence-electron chi connectivity index (χ0n) is 11.7. The molecule has 0 heterocycles. The maximum absolute atomic E-state index is 6.00. The highest BCUT2D eigenvalue weighted by molar-refractivity contribution is 6.30. The van der Waals surface area contributed by atoms with Gasteiger partial charge in [0.2, 0.25) is 0 Å². The Hall–Kier alpha value is -0.570. The smallest absolute Gasteiger partial charge is 0.0594 e. The van der Waals surface area contributed by atoms with Gasteiger partial charge in [0.25, 0.3) is 0 Å². The maximum atomic E-state index is 6.00. The lowest BCUT2D eigenvalue weighted by atomic mass is 9.98. The predicted octanol–water partition coefficient (Wildman–Crippen LogP) is 4.34. The van der Waals surface area contributed by atoms with E-state index in [2.05, 4.69) is 18.3 Å². The first-order valence-corrected chi connectivity index (χ1v) is 7.74. The lowest BCUT2D eigenvalue weighted by Gasteiger charge is -2.22. The maximum Gasteiger partial charge on any atom is 0.0594 e. The summed E-state index contributed by atoms with van der Waals surface area (Å²) in [6.45, 7) is 3.85. The molecule has 106 valence electrons. The van der Waals surface area contributed by atoms with Crippen molar-refractivity contribution in [3.8, 4) is 0 Å². The molecule has 0 aliphatic heterocycles. The summed E-state index contributed by atoms with van der Waals surface area (Å²) in [5, 5.41) is 4.28. The number of rotatable bonds is 6. The Morgan fingerprint density at radius 3 is 2.84 bits per heavy atom. The number of hydrogen-bond acceptors (Lipinski definition) is 2. The molecule has 1 N–H and O–H groups in total. The summed E-state index contributed by atoms with van der Waals surface area (Å²) in [4.78, 5) is 0. The van der Waals surface area contributed by atoms with Crippen molar-refractivity contribution in [3.05, 3.63) is 34.9 Å². The summed E-state index contributed by atoms with van der Waals surface area (Å²) in [5.74, 6) is 0. The van der Waals surface area contributed by atoms with Crippen molar-refractivity contribution in [1.29, 1.82) is 0 Å². The highest BCUT2D eigenvalue weighted by atomic mass is 35.5. The van der Waals surface area contributed by atoms with Gasteiger partial charge in [-0.25, -0.2) is 0 Å². The minimum Gasteiger partial charge on any atom is -0.377 e. The molecule has 1 saturated carbocycles. The Balaban J connectivity index is 1.64. The van der Waals surface area contributed by atoms with Gasteiger partial charge in [-0.2, -0.15) is 0 Å². The highest BCUT2D eigenvalue weighted by Gasteiger charge is 2.13. The molecule has 1 aromatic carbocycles. The second-order valence-corrected chi connectivity index (χ2v) is 5.80. The van der Waals surface area contributed by atoms with Crippen LogP contribution in [0.2, 0.25) is 5.02 Å². The van der Waals surface area contributed by atoms with Crippen molar-refractivity contribution >= 4 is 11.6 Å². The van der Waals surface area contributed by atoms with Crippen LogP contribution in [-0.2, 0) is 4.74 Å². The van der Waals surface area contributed by atoms with Gasteiger partial charge >= 0.3 is 0 Å². The fourth-order valence-corrected chi connectivity index (χ4v) is 2.83. The molecule has 0 saturated heterocycles. The molecule has 3 heteroatoms. The number of benzene rings is 1. The first kappa shape index (κ1) is 14.8. The van der Waals surface area contributed by atoms with Crippen molar-refractivity contribution in [2.45, 2.75) is 51.2 Å². The van der Waals surface area contributed by atoms with E-state index in [4.69, 9.17) is 16.3 Å². The van der Waals surface area contributed by atoms with Crippen LogP contribution in [0.3, 0.4) is 0 Å². The van der Waals surface area contributed by atoms with Crippen LogP contribution < -0.4 is 5.32 Å². The Morgan fingerprint density at radius 1 is 1.32 bits per heavy atom. The number of halogens is 1. The lowest BCUT2D eigenvalue weighted by Crippen LogP contribution is -2.26. The summed E-state index contributed by atoms with van der Waals surface area (Å²) in [7, 11) is 0. The monoisotopic (exact) mass is 281 g/mol. The highest BCUT2D eigenvalue weighted by Crippen LogP contribution is 2.20. The first-order chi connectivity index (χ1) is 9.25. The molecule has 0 spiro atoms. The van der Waals surface area contributed by atoms with Crippen molar-refractivity contribution in [2.75, 3.05) is 13.2 Å². The van der Waals surface area contributed by atoms with E-state index in [1.165, 1.54) is 37.7 Å². The van der Waals surface area contributed by atoms with Crippen LogP contribution >= 0.6 is 11.6 Å². The van der Waals surface area contributed by atoms with E-state index in [1.54, 1.807) is 0 Å². The van der Waals surface area contributed by atoms with Crippen molar-refractivity contribution < 1.29 is 4.74 Å². The molecule has 2 nitrogen and oxygen atoms in total. The van der Waals surface area contributed by atoms with E-state index < -0.39 is 0 Å². The molecular formula is C16H24ClNO. The fourth-order valence-electron chi connectivity index (χ4n) is 2.63.